The Labute approximate surface area is 44.2 Å². The van der Waals surface area contributed by atoms with Gasteiger partial charge in [0, 0.05) is 0 Å². The zero-order valence-electron chi connectivity index (χ0n) is 3.74. The van der Waals surface area contributed by atoms with E-state index in [1.807, 2.05) is 0 Å². The summed E-state index contributed by atoms with van der Waals surface area (Å²) in [7, 11) is 0. The molecule has 0 saturated carbocycles. The van der Waals surface area contributed by atoms with Gasteiger partial charge >= 0.3 is 5.97 Å². The van der Waals surface area contributed by atoms with E-state index in [9.17, 15) is 9.59 Å². The minimum absolute atomic E-state index is 0.308. The van der Waals surface area contributed by atoms with E-state index in [0.717, 1.165) is 0 Å². The Bertz CT molecular complexity index is 138. The van der Waals surface area contributed by atoms with E-state index in [0.29, 0.717) is 6.21 Å². The van der Waals surface area contributed by atoms with Gasteiger partial charge in [0.05, 0.1) is 0 Å². The quantitative estimate of drug-likeness (QED) is 0.212. The number of carboxylic acids is 1. The summed E-state index contributed by atoms with van der Waals surface area (Å²) in [5.74, 6) is -2.88. The lowest BCUT2D eigenvalue weighted by Crippen LogP contribution is -2.12. The first-order valence-corrected chi connectivity index (χ1v) is 1.63. The van der Waals surface area contributed by atoms with E-state index < -0.39 is 11.8 Å². The Balaban J connectivity index is 3.85. The molecule has 5 heteroatoms. The molecule has 0 saturated heterocycles. The standard InChI is InChI=1S/C3H3NO4/c5-2(1-4-8)3(6)7/h1,8H,(H,6,7). The first-order chi connectivity index (χ1) is 3.68. The SMILES string of the molecule is O=C(O)C(=O)C=NO. The van der Waals surface area contributed by atoms with Crippen molar-refractivity contribution in [1.82, 2.24) is 0 Å². The smallest absolute Gasteiger partial charge is 0.378 e. The van der Waals surface area contributed by atoms with Gasteiger partial charge < -0.3 is 10.3 Å². The van der Waals surface area contributed by atoms with Crippen molar-refractivity contribution in [3.05, 3.63) is 0 Å². The van der Waals surface area contributed by atoms with E-state index in [1.54, 1.807) is 0 Å². The van der Waals surface area contributed by atoms with E-state index in [-0.39, 0.29) is 0 Å². The number of nitrogens with zero attached hydrogens (tertiary/aromatic N) is 1. The molecule has 8 heavy (non-hydrogen) atoms. The lowest BCUT2D eigenvalue weighted by atomic mass is 10.4. The highest BCUT2D eigenvalue weighted by atomic mass is 16.4. The van der Waals surface area contributed by atoms with Gasteiger partial charge in [0.25, 0.3) is 5.78 Å². The fourth-order valence-electron chi connectivity index (χ4n) is 0.108. The summed E-state index contributed by atoms with van der Waals surface area (Å²) in [5.41, 5.74) is 0. The lowest BCUT2D eigenvalue weighted by Gasteiger charge is -1.76. The number of hydrogen-bond acceptors (Lipinski definition) is 4. The molecule has 0 aliphatic heterocycles. The summed E-state index contributed by atoms with van der Waals surface area (Å²) < 4.78 is 0. The fourth-order valence-corrected chi connectivity index (χ4v) is 0.108. The molecule has 0 aromatic rings. The van der Waals surface area contributed by atoms with Gasteiger partial charge in [-0.15, -0.1) is 0 Å². The summed E-state index contributed by atoms with van der Waals surface area (Å²) >= 11 is 0. The van der Waals surface area contributed by atoms with Crippen molar-refractivity contribution in [1.29, 1.82) is 0 Å². The van der Waals surface area contributed by atoms with Crippen LogP contribution in [0.1, 0.15) is 0 Å². The number of rotatable bonds is 2. The van der Waals surface area contributed by atoms with Crippen LogP contribution in [0, 0.1) is 0 Å². The van der Waals surface area contributed by atoms with Gasteiger partial charge in [0.1, 0.15) is 6.21 Å². The van der Waals surface area contributed by atoms with Crippen molar-refractivity contribution in [3.63, 3.8) is 0 Å². The second-order valence-electron chi connectivity index (χ2n) is 0.914. The maximum Gasteiger partial charge on any atom is 0.378 e. The first-order valence-electron chi connectivity index (χ1n) is 1.63. The first kappa shape index (κ1) is 6.61. The molecule has 0 heterocycles. The number of aliphatic carboxylic acids is 1. The van der Waals surface area contributed by atoms with Crippen LogP contribution in [0.2, 0.25) is 0 Å². The maximum atomic E-state index is 9.83. The highest BCUT2D eigenvalue weighted by Crippen LogP contribution is 1.64. The molecule has 0 radical (unpaired) electrons. The third-order valence-electron chi connectivity index (χ3n) is 0.386. The molecule has 44 valence electrons. The Hall–Kier alpha value is -1.39. The van der Waals surface area contributed by atoms with E-state index in [4.69, 9.17) is 10.3 Å². The van der Waals surface area contributed by atoms with Crippen LogP contribution in [0.5, 0.6) is 0 Å². The summed E-state index contributed by atoms with van der Waals surface area (Å²) in [5, 5.41) is 17.5. The van der Waals surface area contributed by atoms with Crippen LogP contribution in [0.25, 0.3) is 0 Å². The van der Waals surface area contributed by atoms with Crippen LogP contribution in [0.4, 0.5) is 0 Å². The van der Waals surface area contributed by atoms with Crippen molar-refractivity contribution in [3.8, 4) is 0 Å². The van der Waals surface area contributed by atoms with Crippen molar-refractivity contribution in [2.24, 2.45) is 5.16 Å². The van der Waals surface area contributed by atoms with Crippen molar-refractivity contribution in [2.75, 3.05) is 0 Å². The molecule has 0 spiro atoms. The predicted molar refractivity (Wildman–Crippen MR) is 22.9 cm³/mol. The maximum absolute atomic E-state index is 9.83. The Kier molecular flexibility index (Phi) is 2.25. The molecular formula is C3H3NO4. The van der Waals surface area contributed by atoms with Crippen LogP contribution >= 0.6 is 0 Å². The largest absolute Gasteiger partial charge is 0.475 e. The second kappa shape index (κ2) is 2.73. The summed E-state index contributed by atoms with van der Waals surface area (Å²) in [4.78, 5) is 19.4. The number of ketones is 1. The van der Waals surface area contributed by atoms with Crippen LogP contribution < -0.4 is 0 Å². The number of hydrogen-bond donors (Lipinski definition) is 2. The molecule has 0 atom stereocenters. The van der Waals surface area contributed by atoms with Gasteiger partial charge in [0.2, 0.25) is 0 Å². The summed E-state index contributed by atoms with van der Waals surface area (Å²) in [6.07, 6.45) is 0.308. The molecule has 0 aliphatic rings. The molecule has 0 fully saturated rings. The Morgan fingerprint density at radius 1 is 1.50 bits per heavy atom. The fraction of sp³-hybridized carbons (Fsp3) is 0. The lowest BCUT2D eigenvalue weighted by molar-refractivity contribution is -0.145. The van der Waals surface area contributed by atoms with E-state index in [2.05, 4.69) is 5.16 Å². The number of carbonyl (C=O) groups is 2. The van der Waals surface area contributed by atoms with E-state index >= 15 is 0 Å². The average molecular weight is 117 g/mol. The van der Waals surface area contributed by atoms with Gasteiger partial charge in [-0.3, -0.25) is 4.79 Å². The molecule has 0 bridgehead atoms. The normalized spacial score (nSPS) is 9.50. The monoisotopic (exact) mass is 117 g/mol. The third kappa shape index (κ3) is 1.91. The van der Waals surface area contributed by atoms with Gasteiger partial charge in [-0.1, -0.05) is 5.16 Å². The molecule has 5 nitrogen and oxygen atoms in total. The number of Topliss-reactive ketones (excluding diaryl/α,β-unsaturated/α-hetero) is 1. The zero-order chi connectivity index (χ0) is 6.57. The molecule has 0 amide bonds. The Morgan fingerprint density at radius 3 is 2.12 bits per heavy atom. The third-order valence-corrected chi connectivity index (χ3v) is 0.386. The topological polar surface area (TPSA) is 87.0 Å². The van der Waals surface area contributed by atoms with Gasteiger partial charge in [-0.2, -0.15) is 0 Å². The highest BCUT2D eigenvalue weighted by Gasteiger charge is 2.05. The number of oxime groups is 1. The molecule has 0 unspecified atom stereocenters. The van der Waals surface area contributed by atoms with Crippen LogP contribution in [-0.2, 0) is 9.59 Å². The zero-order valence-corrected chi connectivity index (χ0v) is 3.74. The van der Waals surface area contributed by atoms with E-state index in [1.165, 1.54) is 0 Å². The van der Waals surface area contributed by atoms with Crippen molar-refractivity contribution < 1.29 is 19.9 Å². The van der Waals surface area contributed by atoms with Gasteiger partial charge in [-0.05, 0) is 0 Å². The summed E-state index contributed by atoms with van der Waals surface area (Å²) in [6, 6.07) is 0. The molecular weight excluding hydrogens is 114 g/mol. The van der Waals surface area contributed by atoms with Crippen LogP contribution in [0.15, 0.2) is 5.16 Å². The molecule has 0 aromatic carbocycles. The molecule has 2 N–H and O–H groups in total. The Morgan fingerprint density at radius 2 is 2.00 bits per heavy atom. The highest BCUT2D eigenvalue weighted by molar-refractivity contribution is 6.56. The van der Waals surface area contributed by atoms with Gasteiger partial charge in [0.15, 0.2) is 0 Å². The predicted octanol–water partition coefficient (Wildman–Crippen LogP) is -0.900. The summed E-state index contributed by atoms with van der Waals surface area (Å²) in [6.45, 7) is 0. The molecule has 0 rings (SSSR count). The van der Waals surface area contributed by atoms with Crippen molar-refractivity contribution >= 4 is 18.0 Å². The van der Waals surface area contributed by atoms with Crippen LogP contribution in [0.3, 0.4) is 0 Å². The minimum atomic E-state index is -1.64. The number of carboxylic acid groups (broad SMARTS) is 1. The number of carbonyl (C=O) groups excluding carboxylic acids is 1. The minimum Gasteiger partial charge on any atom is -0.475 e. The second-order valence-corrected chi connectivity index (χ2v) is 0.914. The molecule has 0 aliphatic carbocycles. The van der Waals surface area contributed by atoms with Crippen molar-refractivity contribution in [2.45, 2.75) is 0 Å². The molecule has 0 aromatic heterocycles. The van der Waals surface area contributed by atoms with Gasteiger partial charge in [-0.25, -0.2) is 4.79 Å². The average Bonchev–Trinajstić information content (AvgIpc) is 1.67. The van der Waals surface area contributed by atoms with Crippen LogP contribution in [-0.4, -0.2) is 28.3 Å².